The van der Waals surface area contributed by atoms with E-state index >= 15 is 0 Å². The van der Waals surface area contributed by atoms with Crippen LogP contribution < -0.4 is 39.1 Å². The average molecular weight is 963 g/mol. The lowest BCUT2D eigenvalue weighted by Gasteiger charge is -2.24. The molecule has 0 saturated heterocycles. The third-order valence-electron chi connectivity index (χ3n) is 9.07. The van der Waals surface area contributed by atoms with Crippen molar-refractivity contribution in [2.45, 2.75) is 189 Å². The number of carbonyl (C=O) groups is 5. The maximum absolute atomic E-state index is 12.4. The van der Waals surface area contributed by atoms with Gasteiger partial charge in [-0.3, -0.25) is 24.0 Å². The Morgan fingerprint density at radius 3 is 1.23 bits per heavy atom. The van der Waals surface area contributed by atoms with Gasteiger partial charge in [0.05, 0.1) is 11.8 Å². The topological polar surface area (TPSA) is 189 Å². The maximum atomic E-state index is 12.4. The van der Waals surface area contributed by atoms with Crippen LogP contribution in [-0.4, -0.2) is 72.0 Å². The van der Waals surface area contributed by atoms with Gasteiger partial charge in [0.2, 0.25) is 0 Å². The third-order valence-corrected chi connectivity index (χ3v) is 9.07. The monoisotopic (exact) mass is 962 g/mol. The molecule has 0 saturated carbocycles. The summed E-state index contributed by atoms with van der Waals surface area (Å²) in [6.07, 6.45) is 7.64. The standard InChI is InChI=1S/C21H33NO3.C16H26N2O2.C14H27NO3.BrH/c1-5-10-19(23)15-18(20(24)25-21(2,3)4)13-9-14-22-16-17-11-7-6-8-12-17;1-16(2,3)20-15(19)14(17)10-7-11-18-12-13-8-5-4-6-9-13;1-5-7-12(16)10-11(8-6-9-15)13(17)18-14(2,3)4;/h6-8,11-12,18,22H,5,9-10,13-16H2,1-4H3;4-6,8-9,14,18H,7,10-12,17H2,1-3H3;11H,5-10,15H2,1-4H3;1H/p-1/t18-;14-;11-;/m101./s1. The van der Waals surface area contributed by atoms with E-state index in [2.05, 4.69) is 34.9 Å². The fraction of sp³-hybridized carbons (Fsp3) is 0.667. The first-order valence-corrected chi connectivity index (χ1v) is 23.2. The van der Waals surface area contributed by atoms with E-state index in [1.165, 1.54) is 11.1 Å². The van der Waals surface area contributed by atoms with Crippen molar-refractivity contribution in [1.29, 1.82) is 0 Å². The second-order valence-electron chi connectivity index (χ2n) is 19.1. The molecule has 0 radical (unpaired) electrons. The van der Waals surface area contributed by atoms with Gasteiger partial charge in [0.25, 0.3) is 0 Å². The molecular formula is C51H86BrN4O8-. The van der Waals surface area contributed by atoms with E-state index < -0.39 is 22.8 Å². The van der Waals surface area contributed by atoms with Gasteiger partial charge in [-0.2, -0.15) is 0 Å². The Balaban J connectivity index is 0. The van der Waals surface area contributed by atoms with E-state index in [0.717, 1.165) is 58.3 Å². The van der Waals surface area contributed by atoms with Crippen molar-refractivity contribution < 1.29 is 55.2 Å². The first kappa shape index (κ1) is 62.6. The van der Waals surface area contributed by atoms with Crippen LogP contribution in [0, 0.1) is 11.8 Å². The second-order valence-corrected chi connectivity index (χ2v) is 19.1. The highest BCUT2D eigenvalue weighted by Gasteiger charge is 2.28. The number of ether oxygens (including phenoxy) is 3. The molecule has 0 unspecified atom stereocenters. The number of rotatable bonds is 26. The van der Waals surface area contributed by atoms with E-state index in [1.54, 1.807) is 0 Å². The summed E-state index contributed by atoms with van der Waals surface area (Å²) >= 11 is 0. The summed E-state index contributed by atoms with van der Waals surface area (Å²) in [4.78, 5) is 59.7. The number of halogens is 1. The Labute approximate surface area is 397 Å². The lowest BCUT2D eigenvalue weighted by molar-refractivity contribution is -0.162. The van der Waals surface area contributed by atoms with Gasteiger partial charge >= 0.3 is 17.9 Å². The van der Waals surface area contributed by atoms with Crippen LogP contribution in [0.3, 0.4) is 0 Å². The fourth-order valence-electron chi connectivity index (χ4n) is 6.13. The molecule has 366 valence electrons. The van der Waals surface area contributed by atoms with Crippen molar-refractivity contribution in [2.75, 3.05) is 19.6 Å². The molecule has 0 aromatic heterocycles. The maximum Gasteiger partial charge on any atom is 0.323 e. The molecule has 2 aromatic carbocycles. The summed E-state index contributed by atoms with van der Waals surface area (Å²) in [5.41, 5.74) is 12.3. The number of esters is 3. The summed E-state index contributed by atoms with van der Waals surface area (Å²) < 4.78 is 16.1. The molecule has 0 heterocycles. The van der Waals surface area contributed by atoms with Crippen LogP contribution in [0.15, 0.2) is 60.7 Å². The van der Waals surface area contributed by atoms with Crippen LogP contribution in [-0.2, 0) is 51.3 Å². The molecule has 0 aliphatic carbocycles. The van der Waals surface area contributed by atoms with Gasteiger partial charge in [-0.05, 0) is 144 Å². The fourth-order valence-corrected chi connectivity index (χ4v) is 6.13. The van der Waals surface area contributed by atoms with Crippen LogP contribution >= 0.6 is 0 Å². The van der Waals surface area contributed by atoms with Crippen molar-refractivity contribution in [3.8, 4) is 0 Å². The molecule has 0 amide bonds. The van der Waals surface area contributed by atoms with Crippen LogP contribution in [0.5, 0.6) is 0 Å². The van der Waals surface area contributed by atoms with E-state index in [1.807, 2.05) is 113 Å². The molecule has 6 N–H and O–H groups in total. The van der Waals surface area contributed by atoms with Crippen LogP contribution in [0.25, 0.3) is 0 Å². The highest BCUT2D eigenvalue weighted by Crippen LogP contribution is 2.21. The molecular weight excluding hydrogens is 876 g/mol. The molecule has 0 bridgehead atoms. The molecule has 0 aliphatic rings. The molecule has 12 nitrogen and oxygen atoms in total. The summed E-state index contributed by atoms with van der Waals surface area (Å²) in [6.45, 7) is 24.4. The number of hydrogen-bond acceptors (Lipinski definition) is 12. The van der Waals surface area contributed by atoms with Gasteiger partial charge in [-0.25, -0.2) is 0 Å². The predicted molar refractivity (Wildman–Crippen MR) is 255 cm³/mol. The zero-order chi connectivity index (χ0) is 47.9. The van der Waals surface area contributed by atoms with Crippen LogP contribution in [0.1, 0.15) is 164 Å². The number of nitrogens with two attached hydrogens (primary N) is 2. The van der Waals surface area contributed by atoms with Crippen LogP contribution in [0.4, 0.5) is 0 Å². The number of benzene rings is 2. The van der Waals surface area contributed by atoms with Crippen LogP contribution in [0.2, 0.25) is 0 Å². The van der Waals surface area contributed by atoms with Crippen molar-refractivity contribution in [3.05, 3.63) is 71.8 Å². The molecule has 0 fully saturated rings. The first-order valence-electron chi connectivity index (χ1n) is 23.2. The molecule has 2 rings (SSSR count). The third kappa shape index (κ3) is 35.8. The number of carbonyl (C=O) groups excluding carboxylic acids is 5. The number of Topliss-reactive ketones (excluding diaryl/α,β-unsaturated/α-hetero) is 2. The lowest BCUT2D eigenvalue weighted by atomic mass is 9.95. The highest BCUT2D eigenvalue weighted by atomic mass is 79.9. The minimum Gasteiger partial charge on any atom is -1.00 e. The van der Waals surface area contributed by atoms with Crippen molar-refractivity contribution >= 4 is 29.5 Å². The largest absolute Gasteiger partial charge is 1.00 e. The normalized spacial score (nSPS) is 12.7. The molecule has 3 atom stereocenters. The molecule has 0 aliphatic heterocycles. The van der Waals surface area contributed by atoms with E-state index in [4.69, 9.17) is 25.7 Å². The number of ketones is 2. The highest BCUT2D eigenvalue weighted by molar-refractivity contribution is 5.85. The number of hydrogen-bond donors (Lipinski definition) is 4. The van der Waals surface area contributed by atoms with Gasteiger partial charge in [0, 0.05) is 38.8 Å². The van der Waals surface area contributed by atoms with Gasteiger partial charge in [0.1, 0.15) is 34.4 Å². The van der Waals surface area contributed by atoms with Gasteiger partial charge in [0.15, 0.2) is 0 Å². The minimum atomic E-state index is -0.534. The molecule has 13 heteroatoms. The zero-order valence-electron chi connectivity index (χ0n) is 41.3. The second kappa shape index (κ2) is 34.8. The Hall–Kier alpha value is -3.49. The summed E-state index contributed by atoms with van der Waals surface area (Å²) in [7, 11) is 0. The molecule has 64 heavy (non-hydrogen) atoms. The molecule has 2 aromatic rings. The summed E-state index contributed by atoms with van der Waals surface area (Å²) in [5.74, 6) is -1.24. The van der Waals surface area contributed by atoms with Crippen molar-refractivity contribution in [3.63, 3.8) is 0 Å². The minimum absolute atomic E-state index is 0. The van der Waals surface area contributed by atoms with Gasteiger partial charge in [-0.15, -0.1) is 0 Å². The van der Waals surface area contributed by atoms with Gasteiger partial charge in [-0.1, -0.05) is 74.5 Å². The Bertz CT molecular complexity index is 1560. The zero-order valence-corrected chi connectivity index (χ0v) is 42.9. The first-order chi connectivity index (χ1) is 29.5. The van der Waals surface area contributed by atoms with E-state index in [0.29, 0.717) is 45.1 Å². The van der Waals surface area contributed by atoms with Crippen molar-refractivity contribution in [1.82, 2.24) is 10.6 Å². The predicted octanol–water partition coefficient (Wildman–Crippen LogP) is 5.95. The molecule has 0 spiro atoms. The lowest BCUT2D eigenvalue weighted by Crippen LogP contribution is -3.00. The Morgan fingerprint density at radius 1 is 0.547 bits per heavy atom. The number of nitrogens with one attached hydrogen (secondary N) is 2. The average Bonchev–Trinajstić information content (AvgIpc) is 3.18. The Kier molecular flexibility index (Phi) is 34.0. The summed E-state index contributed by atoms with van der Waals surface area (Å²) in [5, 5.41) is 6.72. The van der Waals surface area contributed by atoms with E-state index in [-0.39, 0.29) is 64.7 Å². The van der Waals surface area contributed by atoms with Gasteiger partial charge < -0.3 is 53.3 Å². The van der Waals surface area contributed by atoms with Crippen molar-refractivity contribution in [2.24, 2.45) is 23.3 Å². The smallest absolute Gasteiger partial charge is 0.323 e. The van der Waals surface area contributed by atoms with E-state index in [9.17, 15) is 24.0 Å². The Morgan fingerprint density at radius 2 is 0.891 bits per heavy atom. The summed E-state index contributed by atoms with van der Waals surface area (Å²) in [6, 6.07) is 19.9. The quantitative estimate of drug-likeness (QED) is 0.0494. The SMILES string of the molecule is CC(C)(C)OC(=O)[C@@H](N)CCCNCc1ccccc1.CCCC(=O)C[C@@H](CCCN)C(=O)OC(C)(C)C.CCCC(=O)C[C@@H](CCCNCc1ccccc1)C(=O)OC(C)(C)C.[Br-].